The fraction of sp³-hybridized carbons (Fsp3) is 0.529. The molecule has 134 valence electrons. The maximum Gasteiger partial charge on any atom is 0.158 e. The van der Waals surface area contributed by atoms with Gasteiger partial charge in [0.15, 0.2) is 11.6 Å². The van der Waals surface area contributed by atoms with Crippen molar-refractivity contribution in [2.75, 3.05) is 22.9 Å². The van der Waals surface area contributed by atoms with Crippen LogP contribution in [0.3, 0.4) is 0 Å². The first-order valence-electron chi connectivity index (χ1n) is 8.46. The van der Waals surface area contributed by atoms with Gasteiger partial charge in [0.25, 0.3) is 0 Å². The van der Waals surface area contributed by atoms with Gasteiger partial charge in [-0.1, -0.05) is 0 Å². The van der Waals surface area contributed by atoms with Crippen molar-refractivity contribution in [1.29, 1.82) is 0 Å². The fourth-order valence-corrected chi connectivity index (χ4v) is 3.31. The van der Waals surface area contributed by atoms with E-state index in [4.69, 9.17) is 0 Å². The first kappa shape index (κ1) is 17.5. The van der Waals surface area contributed by atoms with Crippen LogP contribution in [-0.4, -0.2) is 55.3 Å². The van der Waals surface area contributed by atoms with E-state index >= 15 is 0 Å². The Bertz CT molecular complexity index is 714. The zero-order valence-corrected chi connectivity index (χ0v) is 14.7. The second-order valence-electron chi connectivity index (χ2n) is 6.45. The molecule has 0 saturated carbocycles. The number of hydrogen-bond donors (Lipinski definition) is 2. The number of aliphatic hydroxyl groups is 2. The summed E-state index contributed by atoms with van der Waals surface area (Å²) in [6.07, 6.45) is 2.68. The summed E-state index contributed by atoms with van der Waals surface area (Å²) < 4.78 is 0. The molecule has 1 aliphatic rings. The Morgan fingerprint density at radius 3 is 2.36 bits per heavy atom. The SMILES string of the molecule is CC(O)c1nccc(N2CC(C)N(c3ccnc(CO)n3)C(C)C2)n1. The number of piperazine rings is 1. The molecule has 0 amide bonds. The minimum Gasteiger partial charge on any atom is -0.388 e. The van der Waals surface area contributed by atoms with E-state index in [1.54, 1.807) is 19.3 Å². The third-order valence-corrected chi connectivity index (χ3v) is 4.37. The van der Waals surface area contributed by atoms with Crippen molar-refractivity contribution < 1.29 is 10.2 Å². The normalized spacial score (nSPS) is 22.1. The zero-order valence-electron chi connectivity index (χ0n) is 14.7. The summed E-state index contributed by atoms with van der Waals surface area (Å²) in [5, 5.41) is 19.0. The highest BCUT2D eigenvalue weighted by molar-refractivity contribution is 5.47. The molecule has 25 heavy (non-hydrogen) atoms. The average molecular weight is 344 g/mol. The second kappa shape index (κ2) is 7.28. The molecule has 1 fully saturated rings. The van der Waals surface area contributed by atoms with Crippen LogP contribution in [0.2, 0.25) is 0 Å². The van der Waals surface area contributed by atoms with Crippen LogP contribution < -0.4 is 9.80 Å². The second-order valence-corrected chi connectivity index (χ2v) is 6.45. The van der Waals surface area contributed by atoms with E-state index < -0.39 is 6.10 Å². The lowest BCUT2D eigenvalue weighted by Gasteiger charge is -2.45. The molecule has 2 aromatic heterocycles. The molecule has 3 atom stereocenters. The van der Waals surface area contributed by atoms with Gasteiger partial charge in [-0.3, -0.25) is 0 Å². The number of hydrogen-bond acceptors (Lipinski definition) is 8. The molecule has 3 unspecified atom stereocenters. The van der Waals surface area contributed by atoms with Gasteiger partial charge in [0.1, 0.15) is 24.3 Å². The molecule has 0 bridgehead atoms. The Labute approximate surface area is 147 Å². The van der Waals surface area contributed by atoms with Crippen molar-refractivity contribution in [2.45, 2.75) is 45.6 Å². The third kappa shape index (κ3) is 3.69. The van der Waals surface area contributed by atoms with Gasteiger partial charge in [-0.15, -0.1) is 0 Å². The van der Waals surface area contributed by atoms with Gasteiger partial charge >= 0.3 is 0 Å². The summed E-state index contributed by atoms with van der Waals surface area (Å²) in [6, 6.07) is 4.15. The molecule has 1 saturated heterocycles. The number of nitrogens with zero attached hydrogens (tertiary/aromatic N) is 6. The first-order valence-corrected chi connectivity index (χ1v) is 8.46. The molecule has 8 heteroatoms. The Hall–Kier alpha value is -2.32. The van der Waals surface area contributed by atoms with E-state index in [-0.39, 0.29) is 18.7 Å². The fourth-order valence-electron chi connectivity index (χ4n) is 3.31. The van der Waals surface area contributed by atoms with Crippen LogP contribution in [0, 0.1) is 0 Å². The van der Waals surface area contributed by atoms with Gasteiger partial charge in [-0.25, -0.2) is 19.9 Å². The van der Waals surface area contributed by atoms with E-state index in [1.807, 2.05) is 12.1 Å². The van der Waals surface area contributed by atoms with Crippen LogP contribution in [0.5, 0.6) is 0 Å². The van der Waals surface area contributed by atoms with Crippen molar-refractivity contribution >= 4 is 11.6 Å². The van der Waals surface area contributed by atoms with E-state index in [1.165, 1.54) is 0 Å². The van der Waals surface area contributed by atoms with Gasteiger partial charge in [-0.2, -0.15) is 0 Å². The van der Waals surface area contributed by atoms with E-state index in [0.717, 1.165) is 24.7 Å². The minimum atomic E-state index is -0.686. The molecule has 3 heterocycles. The van der Waals surface area contributed by atoms with Crippen molar-refractivity contribution in [3.8, 4) is 0 Å². The largest absolute Gasteiger partial charge is 0.388 e. The minimum absolute atomic E-state index is 0.167. The molecule has 1 aliphatic heterocycles. The van der Waals surface area contributed by atoms with Gasteiger partial charge in [0.05, 0.1) is 0 Å². The topological polar surface area (TPSA) is 98.5 Å². The summed E-state index contributed by atoms with van der Waals surface area (Å²) in [7, 11) is 0. The van der Waals surface area contributed by atoms with Crippen molar-refractivity contribution in [3.05, 3.63) is 36.2 Å². The van der Waals surface area contributed by atoms with Crippen LogP contribution in [0.4, 0.5) is 11.6 Å². The predicted molar refractivity (Wildman–Crippen MR) is 94.2 cm³/mol. The summed E-state index contributed by atoms with van der Waals surface area (Å²) in [6.45, 7) is 7.33. The predicted octanol–water partition coefficient (Wildman–Crippen LogP) is 0.916. The highest BCUT2D eigenvalue weighted by atomic mass is 16.3. The Balaban J connectivity index is 1.81. The van der Waals surface area contributed by atoms with Gasteiger partial charge in [-0.05, 0) is 32.9 Å². The summed E-state index contributed by atoms with van der Waals surface area (Å²) >= 11 is 0. The van der Waals surface area contributed by atoms with Gasteiger partial charge in [0, 0.05) is 37.6 Å². The Kier molecular flexibility index (Phi) is 5.10. The van der Waals surface area contributed by atoms with Crippen molar-refractivity contribution in [1.82, 2.24) is 19.9 Å². The Morgan fingerprint density at radius 1 is 1.08 bits per heavy atom. The van der Waals surface area contributed by atoms with Crippen LogP contribution in [0.25, 0.3) is 0 Å². The molecular formula is C17H24N6O2. The maximum atomic E-state index is 9.70. The molecule has 3 rings (SSSR count). The third-order valence-electron chi connectivity index (χ3n) is 4.37. The summed E-state index contributed by atoms with van der Waals surface area (Å²) in [4.78, 5) is 21.5. The monoisotopic (exact) mass is 344 g/mol. The quantitative estimate of drug-likeness (QED) is 0.845. The highest BCUT2D eigenvalue weighted by Gasteiger charge is 2.31. The molecule has 8 nitrogen and oxygen atoms in total. The smallest absolute Gasteiger partial charge is 0.158 e. The van der Waals surface area contributed by atoms with Crippen molar-refractivity contribution in [3.63, 3.8) is 0 Å². The molecule has 0 radical (unpaired) electrons. The lowest BCUT2D eigenvalue weighted by Crippen LogP contribution is -2.57. The van der Waals surface area contributed by atoms with Gasteiger partial charge < -0.3 is 20.0 Å². The van der Waals surface area contributed by atoms with Crippen LogP contribution in [0.15, 0.2) is 24.5 Å². The molecule has 0 aliphatic carbocycles. The molecule has 2 aromatic rings. The zero-order chi connectivity index (χ0) is 18.0. The van der Waals surface area contributed by atoms with Crippen LogP contribution in [0.1, 0.15) is 38.5 Å². The summed E-state index contributed by atoms with van der Waals surface area (Å²) in [5.41, 5.74) is 0. The number of aromatic nitrogens is 4. The van der Waals surface area contributed by atoms with E-state index in [2.05, 4.69) is 43.6 Å². The standard InChI is InChI=1S/C17H24N6O2/c1-11-8-22(15-4-7-19-17(21-15)13(3)25)9-12(2)23(11)16-5-6-18-14(10-24)20-16/h4-7,11-13,24-25H,8-10H2,1-3H3. The highest BCUT2D eigenvalue weighted by Crippen LogP contribution is 2.25. The molecule has 0 aromatic carbocycles. The average Bonchev–Trinajstić information content (AvgIpc) is 2.61. The molecular weight excluding hydrogens is 320 g/mol. The summed E-state index contributed by atoms with van der Waals surface area (Å²) in [5.74, 6) is 2.51. The van der Waals surface area contributed by atoms with Gasteiger partial charge in [0.2, 0.25) is 0 Å². The van der Waals surface area contributed by atoms with Crippen LogP contribution >= 0.6 is 0 Å². The molecule has 2 N–H and O–H groups in total. The lowest BCUT2D eigenvalue weighted by molar-refractivity contribution is 0.189. The molecule has 0 spiro atoms. The van der Waals surface area contributed by atoms with E-state index in [0.29, 0.717) is 11.6 Å². The van der Waals surface area contributed by atoms with E-state index in [9.17, 15) is 10.2 Å². The lowest BCUT2D eigenvalue weighted by atomic mass is 10.1. The number of rotatable bonds is 4. The number of aliphatic hydroxyl groups excluding tert-OH is 2. The first-order chi connectivity index (χ1) is 12.0. The van der Waals surface area contributed by atoms with Crippen LogP contribution in [-0.2, 0) is 6.61 Å². The Morgan fingerprint density at radius 2 is 1.72 bits per heavy atom. The number of anilines is 2. The van der Waals surface area contributed by atoms with Crippen molar-refractivity contribution in [2.24, 2.45) is 0 Å². The maximum absolute atomic E-state index is 9.70.